The highest BCUT2D eigenvalue weighted by Crippen LogP contribution is 2.43. The van der Waals surface area contributed by atoms with Crippen molar-refractivity contribution in [3.8, 4) is 0 Å². The maximum absolute atomic E-state index is 5.81. The van der Waals surface area contributed by atoms with Gasteiger partial charge in [0, 0.05) is 5.54 Å². The summed E-state index contributed by atoms with van der Waals surface area (Å²) in [5.41, 5.74) is 6.83. The van der Waals surface area contributed by atoms with E-state index in [2.05, 4.69) is 12.2 Å². The van der Waals surface area contributed by atoms with Crippen molar-refractivity contribution >= 4 is 0 Å². The summed E-state index contributed by atoms with van der Waals surface area (Å²) in [5.74, 6) is 0. The predicted molar refractivity (Wildman–Crippen MR) is 55.6 cm³/mol. The molecule has 0 unspecified atom stereocenters. The Hall–Kier alpha value is -0.0800. The van der Waals surface area contributed by atoms with E-state index >= 15 is 0 Å². The molecule has 2 aliphatic carbocycles. The van der Waals surface area contributed by atoms with Crippen molar-refractivity contribution in [2.45, 2.75) is 51.0 Å². The van der Waals surface area contributed by atoms with Gasteiger partial charge in [0.15, 0.2) is 0 Å². The molecule has 76 valence electrons. The largest absolute Gasteiger partial charge is 0.330 e. The average Bonchev–Trinajstić information content (AvgIpc) is 2.75. The molecule has 3 N–H and O–H groups in total. The van der Waals surface area contributed by atoms with Crippen LogP contribution >= 0.6 is 0 Å². The van der Waals surface area contributed by atoms with Crippen LogP contribution in [0.4, 0.5) is 0 Å². The Morgan fingerprint density at radius 3 is 2.31 bits per heavy atom. The van der Waals surface area contributed by atoms with E-state index in [9.17, 15) is 0 Å². The molecule has 0 spiro atoms. The Bertz CT molecular complexity index is 175. The lowest BCUT2D eigenvalue weighted by atomic mass is 9.67. The fourth-order valence-corrected chi connectivity index (χ4v) is 2.23. The summed E-state index contributed by atoms with van der Waals surface area (Å²) < 4.78 is 0. The molecule has 2 nitrogen and oxygen atoms in total. The second-order valence-corrected chi connectivity index (χ2v) is 5.30. The summed E-state index contributed by atoms with van der Waals surface area (Å²) in [6.45, 7) is 4.39. The first-order valence-electron chi connectivity index (χ1n) is 5.63. The van der Waals surface area contributed by atoms with Gasteiger partial charge in [0.05, 0.1) is 0 Å². The number of rotatable bonds is 5. The first-order chi connectivity index (χ1) is 6.18. The molecule has 0 aromatic heterocycles. The van der Waals surface area contributed by atoms with Crippen molar-refractivity contribution in [2.24, 2.45) is 11.1 Å². The third kappa shape index (κ3) is 2.05. The van der Waals surface area contributed by atoms with Crippen molar-refractivity contribution in [1.82, 2.24) is 5.32 Å². The Morgan fingerprint density at radius 2 is 1.92 bits per heavy atom. The van der Waals surface area contributed by atoms with E-state index in [1.807, 2.05) is 0 Å². The highest BCUT2D eigenvalue weighted by atomic mass is 15.0. The molecule has 13 heavy (non-hydrogen) atoms. The lowest BCUT2D eigenvalue weighted by Crippen LogP contribution is -2.41. The third-order valence-corrected chi connectivity index (χ3v) is 4.05. The van der Waals surface area contributed by atoms with Crippen LogP contribution in [0.3, 0.4) is 0 Å². The lowest BCUT2D eigenvalue weighted by Gasteiger charge is -2.41. The molecule has 0 atom stereocenters. The molecule has 0 amide bonds. The maximum Gasteiger partial charge on any atom is 0.0154 e. The van der Waals surface area contributed by atoms with Gasteiger partial charge in [-0.1, -0.05) is 6.42 Å². The molecule has 2 aliphatic rings. The fraction of sp³-hybridized carbons (Fsp3) is 1.00. The monoisotopic (exact) mass is 182 g/mol. The SMILES string of the molecule is CC1(NCCC2(CN)CCC2)CC1. The Labute approximate surface area is 81.3 Å². The van der Waals surface area contributed by atoms with Crippen LogP contribution in [-0.2, 0) is 0 Å². The summed E-state index contributed by atoms with van der Waals surface area (Å²) >= 11 is 0. The topological polar surface area (TPSA) is 38.0 Å². The number of hydrogen-bond acceptors (Lipinski definition) is 2. The van der Waals surface area contributed by atoms with Crippen molar-refractivity contribution < 1.29 is 0 Å². The van der Waals surface area contributed by atoms with Crippen LogP contribution in [0.5, 0.6) is 0 Å². The molecule has 0 bridgehead atoms. The van der Waals surface area contributed by atoms with Crippen LogP contribution in [0.15, 0.2) is 0 Å². The molecule has 2 rings (SSSR count). The zero-order chi connectivity index (χ0) is 9.36. The van der Waals surface area contributed by atoms with Gasteiger partial charge in [0.1, 0.15) is 0 Å². The molecule has 0 radical (unpaired) electrons. The zero-order valence-electron chi connectivity index (χ0n) is 8.73. The molecule has 0 saturated heterocycles. The molecule has 2 saturated carbocycles. The number of hydrogen-bond donors (Lipinski definition) is 2. The normalized spacial score (nSPS) is 28.2. The van der Waals surface area contributed by atoms with Gasteiger partial charge < -0.3 is 11.1 Å². The zero-order valence-corrected chi connectivity index (χ0v) is 8.73. The van der Waals surface area contributed by atoms with Crippen LogP contribution in [-0.4, -0.2) is 18.6 Å². The molecular weight excluding hydrogens is 160 g/mol. The minimum atomic E-state index is 0.500. The van der Waals surface area contributed by atoms with E-state index in [-0.39, 0.29) is 0 Å². The second-order valence-electron chi connectivity index (χ2n) is 5.30. The summed E-state index contributed by atoms with van der Waals surface area (Å²) in [5, 5.41) is 3.64. The summed E-state index contributed by atoms with van der Waals surface area (Å²) in [6, 6.07) is 0. The summed E-state index contributed by atoms with van der Waals surface area (Å²) in [4.78, 5) is 0. The first-order valence-corrected chi connectivity index (χ1v) is 5.63. The molecule has 0 aromatic rings. The maximum atomic E-state index is 5.81. The van der Waals surface area contributed by atoms with Crippen molar-refractivity contribution in [2.75, 3.05) is 13.1 Å². The van der Waals surface area contributed by atoms with Gasteiger partial charge in [-0.25, -0.2) is 0 Å². The predicted octanol–water partition coefficient (Wildman–Crippen LogP) is 1.65. The number of nitrogens with one attached hydrogen (secondary N) is 1. The fourth-order valence-electron chi connectivity index (χ4n) is 2.23. The van der Waals surface area contributed by atoms with Gasteiger partial charge in [0.2, 0.25) is 0 Å². The molecule has 2 heteroatoms. The van der Waals surface area contributed by atoms with E-state index in [0.29, 0.717) is 11.0 Å². The quantitative estimate of drug-likeness (QED) is 0.678. The highest BCUT2D eigenvalue weighted by molar-refractivity contribution is 4.98. The van der Waals surface area contributed by atoms with Gasteiger partial charge in [-0.3, -0.25) is 0 Å². The molecule has 0 aliphatic heterocycles. The van der Waals surface area contributed by atoms with E-state index in [0.717, 1.165) is 6.54 Å². The second kappa shape index (κ2) is 3.25. The first kappa shape index (κ1) is 9.47. The van der Waals surface area contributed by atoms with Gasteiger partial charge in [-0.05, 0) is 57.5 Å². The van der Waals surface area contributed by atoms with Crippen LogP contribution in [0.25, 0.3) is 0 Å². The number of nitrogens with two attached hydrogens (primary N) is 1. The van der Waals surface area contributed by atoms with E-state index in [1.54, 1.807) is 0 Å². The van der Waals surface area contributed by atoms with Crippen LogP contribution in [0.1, 0.15) is 45.4 Å². The van der Waals surface area contributed by atoms with Gasteiger partial charge in [0.25, 0.3) is 0 Å². The van der Waals surface area contributed by atoms with Gasteiger partial charge in [-0.15, -0.1) is 0 Å². The molecule has 0 heterocycles. The molecular formula is C11H22N2. The van der Waals surface area contributed by atoms with E-state index < -0.39 is 0 Å². The van der Waals surface area contributed by atoms with Crippen LogP contribution < -0.4 is 11.1 Å². The highest BCUT2D eigenvalue weighted by Gasteiger charge is 2.39. The van der Waals surface area contributed by atoms with Crippen molar-refractivity contribution in [3.05, 3.63) is 0 Å². The standard InChI is InChI=1S/C11H22N2/c1-10(5-6-10)13-8-7-11(9-12)3-2-4-11/h13H,2-9,12H2,1H3. The Kier molecular flexibility index (Phi) is 2.37. The smallest absolute Gasteiger partial charge is 0.0154 e. The molecule has 0 aromatic carbocycles. The van der Waals surface area contributed by atoms with Gasteiger partial charge >= 0.3 is 0 Å². The van der Waals surface area contributed by atoms with E-state index in [1.165, 1.54) is 45.1 Å². The van der Waals surface area contributed by atoms with Crippen LogP contribution in [0.2, 0.25) is 0 Å². The third-order valence-electron chi connectivity index (χ3n) is 4.05. The van der Waals surface area contributed by atoms with Crippen LogP contribution in [0, 0.1) is 5.41 Å². The lowest BCUT2D eigenvalue weighted by molar-refractivity contribution is 0.128. The van der Waals surface area contributed by atoms with Gasteiger partial charge in [-0.2, -0.15) is 0 Å². The van der Waals surface area contributed by atoms with Crippen molar-refractivity contribution in [3.63, 3.8) is 0 Å². The Balaban J connectivity index is 1.66. The minimum absolute atomic E-state index is 0.500. The van der Waals surface area contributed by atoms with E-state index in [4.69, 9.17) is 5.73 Å². The summed E-state index contributed by atoms with van der Waals surface area (Å²) in [7, 11) is 0. The summed E-state index contributed by atoms with van der Waals surface area (Å²) in [6.07, 6.45) is 8.14. The average molecular weight is 182 g/mol. The van der Waals surface area contributed by atoms with Crippen molar-refractivity contribution in [1.29, 1.82) is 0 Å². The minimum Gasteiger partial charge on any atom is -0.330 e. The molecule has 2 fully saturated rings. The Morgan fingerprint density at radius 1 is 1.23 bits per heavy atom.